The average molecular weight is 313 g/mol. The van der Waals surface area contributed by atoms with E-state index in [1.54, 1.807) is 31.1 Å². The summed E-state index contributed by atoms with van der Waals surface area (Å²) in [7, 11) is 1.66. The predicted octanol–water partition coefficient (Wildman–Crippen LogP) is 4.82. The van der Waals surface area contributed by atoms with Crippen molar-refractivity contribution in [2.45, 2.75) is 11.5 Å². The Kier molecular flexibility index (Phi) is 4.59. The molecule has 0 aliphatic heterocycles. The minimum absolute atomic E-state index is 0.211. The van der Waals surface area contributed by atoms with Crippen LogP contribution in [-0.2, 0) is 11.5 Å². The molecule has 0 radical (unpaired) electrons. The third-order valence-corrected chi connectivity index (χ3v) is 4.46. The van der Waals surface area contributed by atoms with Crippen molar-refractivity contribution in [1.82, 2.24) is 4.98 Å². The molecule has 0 spiro atoms. The van der Waals surface area contributed by atoms with Gasteiger partial charge in [0, 0.05) is 23.1 Å². The van der Waals surface area contributed by atoms with Gasteiger partial charge in [0.2, 0.25) is 0 Å². The summed E-state index contributed by atoms with van der Waals surface area (Å²) in [6.07, 6.45) is 1.75. The van der Waals surface area contributed by atoms with Crippen LogP contribution in [0.2, 0.25) is 0 Å². The van der Waals surface area contributed by atoms with Crippen LogP contribution in [0.3, 0.4) is 0 Å². The molecule has 3 aromatic rings. The molecule has 0 saturated carbocycles. The molecule has 0 aliphatic rings. The zero-order chi connectivity index (χ0) is 15.4. The normalized spacial score (nSPS) is 10.8. The van der Waals surface area contributed by atoms with Gasteiger partial charge in [-0.2, -0.15) is 11.8 Å². The van der Waals surface area contributed by atoms with E-state index < -0.39 is 0 Å². The molecule has 2 aromatic carbocycles. The fourth-order valence-corrected chi connectivity index (χ4v) is 3.34. The van der Waals surface area contributed by atoms with E-state index >= 15 is 0 Å². The fourth-order valence-electron chi connectivity index (χ4n) is 2.38. The van der Waals surface area contributed by atoms with Gasteiger partial charge in [-0.25, -0.2) is 4.39 Å². The van der Waals surface area contributed by atoms with Gasteiger partial charge >= 0.3 is 0 Å². The highest BCUT2D eigenvalue weighted by molar-refractivity contribution is 7.97. The summed E-state index contributed by atoms with van der Waals surface area (Å²) in [6, 6.07) is 14.8. The number of ether oxygens (including phenoxy) is 1. The van der Waals surface area contributed by atoms with Crippen LogP contribution in [0.25, 0.3) is 10.9 Å². The molecule has 0 N–H and O–H groups in total. The molecular formula is C18H16FNOS. The van der Waals surface area contributed by atoms with E-state index in [1.807, 2.05) is 30.3 Å². The lowest BCUT2D eigenvalue weighted by molar-refractivity contribution is 0.414. The van der Waals surface area contributed by atoms with Crippen LogP contribution in [0.15, 0.2) is 54.7 Å². The maximum Gasteiger partial charge on any atom is 0.124 e. The van der Waals surface area contributed by atoms with E-state index in [4.69, 9.17) is 4.74 Å². The molecule has 0 amide bonds. The number of pyridine rings is 1. The first-order chi connectivity index (χ1) is 10.8. The van der Waals surface area contributed by atoms with Crippen molar-refractivity contribution in [1.29, 1.82) is 0 Å². The number of thioether (sulfide) groups is 1. The van der Waals surface area contributed by atoms with Crippen LogP contribution in [0.1, 0.15) is 11.1 Å². The number of hydrogen-bond acceptors (Lipinski definition) is 3. The average Bonchev–Trinajstić information content (AvgIpc) is 2.55. The first kappa shape index (κ1) is 14.9. The van der Waals surface area contributed by atoms with Gasteiger partial charge < -0.3 is 4.74 Å². The van der Waals surface area contributed by atoms with Crippen molar-refractivity contribution in [2.24, 2.45) is 0 Å². The standard InChI is InChI=1S/C18H16FNOS/c1-21-17-6-2-4-13(8-17)11-22-12-15-10-16(19)9-14-5-3-7-20-18(14)15/h2-10H,11-12H2,1H3. The van der Waals surface area contributed by atoms with Crippen molar-refractivity contribution in [2.75, 3.05) is 7.11 Å². The smallest absolute Gasteiger partial charge is 0.124 e. The Labute approximate surface area is 133 Å². The van der Waals surface area contributed by atoms with Gasteiger partial charge in [-0.1, -0.05) is 18.2 Å². The van der Waals surface area contributed by atoms with Crippen LogP contribution in [-0.4, -0.2) is 12.1 Å². The lowest BCUT2D eigenvalue weighted by Gasteiger charge is -2.07. The predicted molar refractivity (Wildman–Crippen MR) is 89.7 cm³/mol. The van der Waals surface area contributed by atoms with Gasteiger partial charge in [0.15, 0.2) is 0 Å². The Morgan fingerprint density at radius 3 is 2.86 bits per heavy atom. The van der Waals surface area contributed by atoms with Crippen LogP contribution < -0.4 is 4.74 Å². The SMILES string of the molecule is COc1cccc(CSCc2cc(F)cc3cccnc23)c1. The number of halogens is 1. The largest absolute Gasteiger partial charge is 0.497 e. The molecule has 3 rings (SSSR count). The zero-order valence-electron chi connectivity index (χ0n) is 12.3. The summed E-state index contributed by atoms with van der Waals surface area (Å²) in [5, 5.41) is 0.847. The number of aromatic nitrogens is 1. The quantitative estimate of drug-likeness (QED) is 0.674. The van der Waals surface area contributed by atoms with Crippen LogP contribution >= 0.6 is 11.8 Å². The summed E-state index contributed by atoms with van der Waals surface area (Å²) in [5.41, 5.74) is 3.00. The molecule has 1 heterocycles. The Bertz CT molecular complexity index is 791. The molecular weight excluding hydrogens is 297 g/mol. The lowest BCUT2D eigenvalue weighted by atomic mass is 10.1. The van der Waals surface area contributed by atoms with E-state index in [-0.39, 0.29) is 5.82 Å². The van der Waals surface area contributed by atoms with Gasteiger partial charge in [-0.15, -0.1) is 0 Å². The lowest BCUT2D eigenvalue weighted by Crippen LogP contribution is -1.91. The highest BCUT2D eigenvalue weighted by atomic mass is 32.2. The van der Waals surface area contributed by atoms with Crippen molar-refractivity contribution in [3.05, 3.63) is 71.7 Å². The van der Waals surface area contributed by atoms with Crippen molar-refractivity contribution in [3.63, 3.8) is 0 Å². The molecule has 22 heavy (non-hydrogen) atoms. The summed E-state index contributed by atoms with van der Waals surface area (Å²) in [6.45, 7) is 0. The maximum absolute atomic E-state index is 13.7. The van der Waals surface area contributed by atoms with E-state index in [1.165, 1.54) is 11.6 Å². The summed E-state index contributed by atoms with van der Waals surface area (Å²) in [4.78, 5) is 4.38. The highest BCUT2D eigenvalue weighted by Gasteiger charge is 2.06. The first-order valence-corrected chi connectivity index (χ1v) is 8.15. The fraction of sp³-hybridized carbons (Fsp3) is 0.167. The molecule has 112 valence electrons. The molecule has 0 bridgehead atoms. The molecule has 0 fully saturated rings. The minimum atomic E-state index is -0.211. The molecule has 0 atom stereocenters. The number of fused-ring (bicyclic) bond motifs is 1. The Balaban J connectivity index is 1.74. The molecule has 0 unspecified atom stereocenters. The van der Waals surface area contributed by atoms with Gasteiger partial charge in [0.1, 0.15) is 11.6 Å². The van der Waals surface area contributed by atoms with E-state index in [0.717, 1.165) is 33.7 Å². The topological polar surface area (TPSA) is 22.1 Å². The number of rotatable bonds is 5. The van der Waals surface area contributed by atoms with Gasteiger partial charge in [-0.05, 0) is 41.5 Å². The molecule has 4 heteroatoms. The first-order valence-electron chi connectivity index (χ1n) is 7.00. The minimum Gasteiger partial charge on any atom is -0.497 e. The molecule has 0 saturated heterocycles. The van der Waals surface area contributed by atoms with Crippen molar-refractivity contribution >= 4 is 22.7 Å². The van der Waals surface area contributed by atoms with E-state index in [9.17, 15) is 4.39 Å². The zero-order valence-corrected chi connectivity index (χ0v) is 13.1. The number of methoxy groups -OCH3 is 1. The van der Waals surface area contributed by atoms with Crippen molar-refractivity contribution < 1.29 is 9.13 Å². The number of hydrogen-bond donors (Lipinski definition) is 0. The summed E-state index contributed by atoms with van der Waals surface area (Å²) in [5.74, 6) is 2.22. The highest BCUT2D eigenvalue weighted by Crippen LogP contribution is 2.25. The van der Waals surface area contributed by atoms with Crippen LogP contribution in [0.4, 0.5) is 4.39 Å². The Hall–Kier alpha value is -2.07. The number of benzene rings is 2. The van der Waals surface area contributed by atoms with Crippen LogP contribution in [0.5, 0.6) is 5.75 Å². The number of nitrogens with zero attached hydrogens (tertiary/aromatic N) is 1. The third kappa shape index (κ3) is 3.39. The van der Waals surface area contributed by atoms with Crippen molar-refractivity contribution in [3.8, 4) is 5.75 Å². The van der Waals surface area contributed by atoms with E-state index in [2.05, 4.69) is 11.1 Å². The second-order valence-electron chi connectivity index (χ2n) is 4.98. The molecule has 2 nitrogen and oxygen atoms in total. The second-order valence-corrected chi connectivity index (χ2v) is 5.97. The Morgan fingerprint density at radius 1 is 1.09 bits per heavy atom. The third-order valence-electron chi connectivity index (χ3n) is 3.41. The molecule has 0 aliphatic carbocycles. The monoisotopic (exact) mass is 313 g/mol. The van der Waals surface area contributed by atoms with Gasteiger partial charge in [-0.3, -0.25) is 4.98 Å². The van der Waals surface area contributed by atoms with Crippen LogP contribution in [0, 0.1) is 5.82 Å². The van der Waals surface area contributed by atoms with Gasteiger partial charge in [0.25, 0.3) is 0 Å². The summed E-state index contributed by atoms with van der Waals surface area (Å²) < 4.78 is 18.9. The molecule has 1 aromatic heterocycles. The van der Waals surface area contributed by atoms with Gasteiger partial charge in [0.05, 0.1) is 12.6 Å². The maximum atomic E-state index is 13.7. The van der Waals surface area contributed by atoms with E-state index in [0.29, 0.717) is 0 Å². The summed E-state index contributed by atoms with van der Waals surface area (Å²) >= 11 is 1.74. The second kappa shape index (κ2) is 6.79. The Morgan fingerprint density at radius 2 is 2.00 bits per heavy atom.